The molecule has 2 aliphatic heterocycles. The lowest BCUT2D eigenvalue weighted by molar-refractivity contribution is -0.342. The van der Waals surface area contributed by atoms with Crippen molar-refractivity contribution in [1.29, 1.82) is 0 Å². The first kappa shape index (κ1) is 35.4. The minimum atomic E-state index is -1.79. The fourth-order valence-electron chi connectivity index (χ4n) is 6.07. The quantitative estimate of drug-likeness (QED) is 0.106. The average Bonchev–Trinajstić information content (AvgIpc) is 3.39. The van der Waals surface area contributed by atoms with Gasteiger partial charge >= 0.3 is 17.9 Å². The minimum absolute atomic E-state index is 0.0675. The molecule has 262 valence electrons. The van der Waals surface area contributed by atoms with Crippen molar-refractivity contribution >= 4 is 30.1 Å². The van der Waals surface area contributed by atoms with Crippen molar-refractivity contribution in [3.63, 3.8) is 0 Å². The van der Waals surface area contributed by atoms with Crippen molar-refractivity contribution < 1.29 is 73.8 Å². The molecule has 0 bridgehead atoms. The first-order valence-electron chi connectivity index (χ1n) is 15.3. The van der Waals surface area contributed by atoms with E-state index in [9.17, 15) is 50.1 Å². The van der Waals surface area contributed by atoms with Crippen LogP contribution in [0.5, 0.6) is 17.2 Å². The summed E-state index contributed by atoms with van der Waals surface area (Å²) < 4.78 is 28.1. The molecule has 2 fully saturated rings. The van der Waals surface area contributed by atoms with Crippen LogP contribution in [0.25, 0.3) is 12.2 Å². The average molecular weight is 685 g/mol. The number of hydrogen-bond donors (Lipinski definition) is 7. The Morgan fingerprint density at radius 3 is 2.22 bits per heavy atom. The maximum atomic E-state index is 12.7. The number of rotatable bonds is 10. The van der Waals surface area contributed by atoms with Crippen LogP contribution in [-0.4, -0.2) is 103 Å². The number of hydrogen-bond acceptors (Lipinski definition) is 14. The molecule has 1 saturated heterocycles. The predicted molar refractivity (Wildman–Crippen MR) is 166 cm³/mol. The van der Waals surface area contributed by atoms with Crippen LogP contribution in [0, 0.1) is 17.8 Å². The number of aliphatic carboxylic acids is 1. The van der Waals surface area contributed by atoms with E-state index >= 15 is 0 Å². The van der Waals surface area contributed by atoms with Gasteiger partial charge in [-0.1, -0.05) is 25.1 Å². The van der Waals surface area contributed by atoms with Gasteiger partial charge in [0.1, 0.15) is 42.9 Å². The normalized spacial score (nSPS) is 31.1. The Morgan fingerprint density at radius 1 is 0.857 bits per heavy atom. The SMILES string of the molecule is C[C@H]1[C@@H]2[C@H](O[C@@H]3O[C@H](COC(=O)/C=C/c4ccc(O)c(O)c4)[C@@H](O)[C@H](O)[C@H]3O)OC=C(C(=O)O)[C@@H]2C[C@@H]1OC(=O)/C=C/c1ccc(O)cc1. The summed E-state index contributed by atoms with van der Waals surface area (Å²) in [4.78, 5) is 37.0. The third kappa shape index (κ3) is 8.21. The fraction of sp³-hybridized carbons (Fsp3) is 0.382. The van der Waals surface area contributed by atoms with Crippen molar-refractivity contribution in [2.45, 2.75) is 56.4 Å². The van der Waals surface area contributed by atoms with Gasteiger partial charge in [0.25, 0.3) is 0 Å². The first-order valence-corrected chi connectivity index (χ1v) is 15.3. The van der Waals surface area contributed by atoms with Gasteiger partial charge in [-0.15, -0.1) is 0 Å². The highest BCUT2D eigenvalue weighted by Crippen LogP contribution is 2.48. The van der Waals surface area contributed by atoms with E-state index in [0.29, 0.717) is 11.1 Å². The highest BCUT2D eigenvalue weighted by molar-refractivity contribution is 5.88. The number of aliphatic hydroxyl groups excluding tert-OH is 3. The molecule has 5 rings (SSSR count). The summed E-state index contributed by atoms with van der Waals surface area (Å²) in [6.07, 6.45) is -4.08. The van der Waals surface area contributed by atoms with Crippen LogP contribution in [0.2, 0.25) is 0 Å². The van der Waals surface area contributed by atoms with Crippen LogP contribution < -0.4 is 0 Å². The molecule has 0 unspecified atom stereocenters. The van der Waals surface area contributed by atoms with E-state index in [1.807, 2.05) is 0 Å². The van der Waals surface area contributed by atoms with Crippen LogP contribution >= 0.6 is 0 Å². The standard InChI is InChI=1S/C34H36O15/c1-16-24(47-27(39)11-5-17-2-7-19(35)8-3-17)13-20-21(32(43)44)14-46-33(28(16)20)49-34-31(42)30(41)29(40)25(48-34)15-45-26(38)10-6-18-4-9-22(36)23(37)12-18/h2-12,14,16,20,24-25,28-31,33-37,40-42H,13,15H2,1H3,(H,43,44)/b10-6+,11-5+/t16-,20+,24+,25-,28+,29-,30+,31-,33+,34+/m1/s1. The number of phenols is 3. The lowest BCUT2D eigenvalue weighted by Gasteiger charge is -2.43. The summed E-state index contributed by atoms with van der Waals surface area (Å²) in [7, 11) is 0. The highest BCUT2D eigenvalue weighted by atomic mass is 16.8. The molecule has 2 aromatic rings. The number of ether oxygens (including phenoxy) is 5. The Morgan fingerprint density at radius 2 is 1.53 bits per heavy atom. The van der Waals surface area contributed by atoms with Crippen molar-refractivity contribution in [1.82, 2.24) is 0 Å². The number of carboxylic acid groups (broad SMARTS) is 1. The Bertz CT molecular complexity index is 1620. The topological polar surface area (TPSA) is 239 Å². The second-order valence-electron chi connectivity index (χ2n) is 11.9. The summed E-state index contributed by atoms with van der Waals surface area (Å²) in [5.41, 5.74) is 0.942. The van der Waals surface area contributed by atoms with E-state index in [4.69, 9.17) is 23.7 Å². The monoisotopic (exact) mass is 684 g/mol. The second kappa shape index (κ2) is 15.1. The number of phenolic OH excluding ortho intramolecular Hbond substituents is 3. The van der Waals surface area contributed by atoms with Crippen molar-refractivity contribution in [2.24, 2.45) is 17.8 Å². The summed E-state index contributed by atoms with van der Waals surface area (Å²) >= 11 is 0. The molecule has 2 heterocycles. The van der Waals surface area contributed by atoms with Gasteiger partial charge in [-0.25, -0.2) is 14.4 Å². The summed E-state index contributed by atoms with van der Waals surface area (Å²) in [5, 5.41) is 70.1. The number of carbonyl (C=O) groups excluding carboxylic acids is 2. The molecule has 3 aliphatic rings. The molecule has 7 N–H and O–H groups in total. The van der Waals surface area contributed by atoms with E-state index in [0.717, 1.165) is 12.3 Å². The Balaban J connectivity index is 1.23. The molecular weight excluding hydrogens is 648 g/mol. The number of benzene rings is 2. The second-order valence-corrected chi connectivity index (χ2v) is 11.9. The van der Waals surface area contributed by atoms with Crippen molar-refractivity contribution in [3.05, 3.63) is 77.6 Å². The molecule has 0 aromatic heterocycles. The Labute approximate surface area is 279 Å². The zero-order valence-electron chi connectivity index (χ0n) is 26.0. The van der Waals surface area contributed by atoms with Gasteiger partial charge in [0, 0.05) is 29.9 Å². The molecule has 1 saturated carbocycles. The van der Waals surface area contributed by atoms with Crippen molar-refractivity contribution in [2.75, 3.05) is 6.61 Å². The van der Waals surface area contributed by atoms with Gasteiger partial charge < -0.3 is 59.4 Å². The van der Waals surface area contributed by atoms with E-state index in [2.05, 4.69) is 0 Å². The van der Waals surface area contributed by atoms with Crippen LogP contribution in [0.3, 0.4) is 0 Å². The predicted octanol–water partition coefficient (Wildman–Crippen LogP) is 1.41. The van der Waals surface area contributed by atoms with Crippen molar-refractivity contribution in [3.8, 4) is 17.2 Å². The van der Waals surface area contributed by atoms with E-state index in [1.165, 1.54) is 48.6 Å². The molecule has 0 amide bonds. The van der Waals surface area contributed by atoms with Crippen LogP contribution in [0.1, 0.15) is 24.5 Å². The maximum Gasteiger partial charge on any atom is 0.334 e. The third-order valence-electron chi connectivity index (χ3n) is 8.74. The number of carboxylic acids is 1. The summed E-state index contributed by atoms with van der Waals surface area (Å²) in [5.74, 6) is -5.38. The lowest BCUT2D eigenvalue weighted by atomic mass is 9.83. The lowest BCUT2D eigenvalue weighted by Crippen LogP contribution is -2.60. The molecule has 49 heavy (non-hydrogen) atoms. The smallest absolute Gasteiger partial charge is 0.334 e. The van der Waals surface area contributed by atoms with Gasteiger partial charge in [-0.3, -0.25) is 0 Å². The Hall–Kier alpha value is -4.93. The number of aliphatic hydroxyl groups is 3. The number of aromatic hydroxyl groups is 3. The van der Waals surface area contributed by atoms with Gasteiger partial charge in [-0.05, 0) is 54.0 Å². The summed E-state index contributed by atoms with van der Waals surface area (Å²) in [6, 6.07) is 10.0. The fourth-order valence-corrected chi connectivity index (χ4v) is 6.07. The molecule has 15 nitrogen and oxygen atoms in total. The van der Waals surface area contributed by atoms with Gasteiger partial charge in [0.15, 0.2) is 17.8 Å². The molecular formula is C34H36O15. The largest absolute Gasteiger partial charge is 0.508 e. The third-order valence-corrected chi connectivity index (χ3v) is 8.74. The van der Waals surface area contributed by atoms with Crippen LogP contribution in [-0.2, 0) is 38.1 Å². The zero-order valence-corrected chi connectivity index (χ0v) is 26.0. The molecule has 10 atom stereocenters. The van der Waals surface area contributed by atoms with Gasteiger partial charge in [0.05, 0.1) is 11.8 Å². The molecule has 0 radical (unpaired) electrons. The summed E-state index contributed by atoms with van der Waals surface area (Å²) in [6.45, 7) is 1.16. The van der Waals surface area contributed by atoms with Crippen LogP contribution in [0.15, 0.2) is 66.5 Å². The van der Waals surface area contributed by atoms with E-state index in [1.54, 1.807) is 19.1 Å². The number of carbonyl (C=O) groups is 3. The van der Waals surface area contributed by atoms with Gasteiger partial charge in [-0.2, -0.15) is 0 Å². The van der Waals surface area contributed by atoms with Crippen LogP contribution in [0.4, 0.5) is 0 Å². The first-order chi connectivity index (χ1) is 23.3. The molecule has 1 aliphatic carbocycles. The highest BCUT2D eigenvalue weighted by Gasteiger charge is 2.54. The molecule has 15 heteroatoms. The minimum Gasteiger partial charge on any atom is -0.508 e. The molecule has 0 spiro atoms. The molecule has 2 aromatic carbocycles. The maximum absolute atomic E-state index is 12.7. The van der Waals surface area contributed by atoms with Gasteiger partial charge in [0.2, 0.25) is 6.29 Å². The Kier molecular flexibility index (Phi) is 10.9. The van der Waals surface area contributed by atoms with E-state index in [-0.39, 0.29) is 23.5 Å². The number of fused-ring (bicyclic) bond motifs is 1. The number of esters is 2. The zero-order chi connectivity index (χ0) is 35.4. The van der Waals surface area contributed by atoms with E-state index < -0.39 is 91.1 Å².